The summed E-state index contributed by atoms with van der Waals surface area (Å²) in [6.07, 6.45) is 4.60. The number of halogens is 1. The molecule has 0 aliphatic heterocycles. The van der Waals surface area contributed by atoms with E-state index in [4.69, 9.17) is 11.6 Å². The molecule has 6 heteroatoms. The highest BCUT2D eigenvalue weighted by molar-refractivity contribution is 6.27. The molecule has 2 aliphatic carbocycles. The number of rotatable bonds is 3. The summed E-state index contributed by atoms with van der Waals surface area (Å²) in [4.78, 5) is 13.2. The van der Waals surface area contributed by atoms with Gasteiger partial charge in [0, 0.05) is 11.1 Å². The van der Waals surface area contributed by atoms with Crippen molar-refractivity contribution >= 4 is 17.4 Å². The highest BCUT2D eigenvalue weighted by atomic mass is 35.5. The first-order chi connectivity index (χ1) is 13.6. The Bertz CT molecular complexity index is 1030. The minimum Gasteiger partial charge on any atom is -0.293 e. The third-order valence-electron chi connectivity index (χ3n) is 6.63. The molecule has 0 bridgehead atoms. The maximum absolute atomic E-state index is 13.2. The molecular weight excluding hydrogens is 372 g/mol. The lowest BCUT2D eigenvalue weighted by Crippen LogP contribution is -2.33. The normalized spacial score (nSPS) is 24.6. The predicted octanol–water partition coefficient (Wildman–Crippen LogP) is 5.21. The van der Waals surface area contributed by atoms with E-state index in [1.807, 2.05) is 36.4 Å². The fourth-order valence-electron chi connectivity index (χ4n) is 4.91. The average molecular weight is 393 g/mol. The molecule has 2 aromatic carbocycles. The number of hydrogen-bond acceptors (Lipinski definition) is 4. The van der Waals surface area contributed by atoms with Crippen LogP contribution in [-0.4, -0.2) is 26.4 Å². The first-order valence-electron chi connectivity index (χ1n) is 9.76. The van der Waals surface area contributed by atoms with E-state index in [9.17, 15) is 4.79 Å². The van der Waals surface area contributed by atoms with Gasteiger partial charge in [-0.25, -0.2) is 5.10 Å². The van der Waals surface area contributed by atoms with Crippen molar-refractivity contribution < 1.29 is 4.79 Å². The molecule has 1 heterocycles. The van der Waals surface area contributed by atoms with Gasteiger partial charge >= 0.3 is 0 Å². The first kappa shape index (κ1) is 17.6. The Kier molecular flexibility index (Phi) is 4.09. The van der Waals surface area contributed by atoms with Crippen molar-refractivity contribution in [2.45, 2.75) is 38.0 Å². The molecule has 2 unspecified atom stereocenters. The number of Topliss-reactive ketones (excluding diaryl/α,β-unsaturated/α-hetero) is 1. The van der Waals surface area contributed by atoms with E-state index in [2.05, 4.69) is 33.6 Å². The van der Waals surface area contributed by atoms with E-state index >= 15 is 0 Å². The van der Waals surface area contributed by atoms with Crippen LogP contribution in [-0.2, 0) is 0 Å². The summed E-state index contributed by atoms with van der Waals surface area (Å²) in [7, 11) is 0. The van der Waals surface area contributed by atoms with Crippen LogP contribution in [0.2, 0.25) is 0 Å². The number of carbonyl (C=O) groups is 1. The van der Waals surface area contributed by atoms with Crippen LogP contribution in [0.5, 0.6) is 0 Å². The number of aromatic amines is 1. The molecule has 5 rings (SSSR count). The van der Waals surface area contributed by atoms with Gasteiger partial charge in [0.25, 0.3) is 0 Å². The SMILES string of the molecule is CC1(C2CCCC2)C(=O)c2ccc(-c3ccc(-c4nnn[nH]4)cc3)cc2C1Cl. The molecule has 1 fully saturated rings. The van der Waals surface area contributed by atoms with Gasteiger partial charge in [0.2, 0.25) is 0 Å². The largest absolute Gasteiger partial charge is 0.293 e. The number of ketones is 1. The zero-order chi connectivity index (χ0) is 19.3. The van der Waals surface area contributed by atoms with E-state index in [1.54, 1.807) is 0 Å². The monoisotopic (exact) mass is 392 g/mol. The van der Waals surface area contributed by atoms with Gasteiger partial charge in [-0.1, -0.05) is 56.2 Å². The number of aromatic nitrogens is 4. The lowest BCUT2D eigenvalue weighted by molar-refractivity contribution is 0.0735. The molecule has 142 valence electrons. The van der Waals surface area contributed by atoms with Crippen LogP contribution in [0.25, 0.3) is 22.5 Å². The van der Waals surface area contributed by atoms with Crippen molar-refractivity contribution in [1.29, 1.82) is 0 Å². The van der Waals surface area contributed by atoms with E-state index < -0.39 is 5.41 Å². The molecule has 28 heavy (non-hydrogen) atoms. The van der Waals surface area contributed by atoms with E-state index in [1.165, 1.54) is 12.8 Å². The van der Waals surface area contributed by atoms with Gasteiger partial charge in [-0.3, -0.25) is 4.79 Å². The third kappa shape index (κ3) is 2.53. The predicted molar refractivity (Wildman–Crippen MR) is 108 cm³/mol. The topological polar surface area (TPSA) is 71.5 Å². The smallest absolute Gasteiger partial charge is 0.179 e. The fourth-order valence-corrected chi connectivity index (χ4v) is 5.36. The fraction of sp³-hybridized carbons (Fsp3) is 0.364. The zero-order valence-corrected chi connectivity index (χ0v) is 16.4. The number of carbonyl (C=O) groups excluding carboxylic acids is 1. The standard InChI is InChI=1S/C22H21ClN4O/c1-22(16-4-2-3-5-16)19(23)18-12-15(10-11-17(18)20(22)28)13-6-8-14(9-7-13)21-24-26-27-25-21/h6-12,16,19H,2-5H2,1H3,(H,24,25,26,27). The Labute approximate surface area is 168 Å². The lowest BCUT2D eigenvalue weighted by Gasteiger charge is -2.32. The average Bonchev–Trinajstić information content (AvgIpc) is 3.48. The molecule has 5 nitrogen and oxygen atoms in total. The van der Waals surface area contributed by atoms with Crippen LogP contribution in [0.4, 0.5) is 0 Å². The van der Waals surface area contributed by atoms with Crippen LogP contribution >= 0.6 is 11.6 Å². The van der Waals surface area contributed by atoms with Gasteiger partial charge in [-0.2, -0.15) is 0 Å². The number of nitrogens with zero attached hydrogens (tertiary/aromatic N) is 3. The van der Waals surface area contributed by atoms with E-state index in [-0.39, 0.29) is 11.2 Å². The number of alkyl halides is 1. The Morgan fingerprint density at radius 3 is 2.39 bits per heavy atom. The van der Waals surface area contributed by atoms with E-state index in [0.29, 0.717) is 11.7 Å². The first-order valence-corrected chi connectivity index (χ1v) is 10.2. The van der Waals surface area contributed by atoms with Gasteiger partial charge < -0.3 is 0 Å². The quantitative estimate of drug-likeness (QED) is 0.621. The van der Waals surface area contributed by atoms with Crippen LogP contribution in [0.3, 0.4) is 0 Å². The van der Waals surface area contributed by atoms with Crippen molar-refractivity contribution in [3.63, 3.8) is 0 Å². The Hall–Kier alpha value is -2.53. The second-order valence-electron chi connectivity index (χ2n) is 8.08. The lowest BCUT2D eigenvalue weighted by atomic mass is 9.72. The molecular formula is C22H21ClN4O. The van der Waals surface area contributed by atoms with Gasteiger partial charge in [-0.15, -0.1) is 16.7 Å². The molecule has 1 saturated carbocycles. The van der Waals surface area contributed by atoms with Crippen LogP contribution in [0.1, 0.15) is 53.9 Å². The number of hydrogen-bond donors (Lipinski definition) is 1. The minimum atomic E-state index is -0.484. The summed E-state index contributed by atoms with van der Waals surface area (Å²) in [5.74, 6) is 1.24. The highest BCUT2D eigenvalue weighted by Gasteiger charge is 2.53. The molecule has 0 saturated heterocycles. The van der Waals surface area contributed by atoms with Crippen molar-refractivity contribution in [2.24, 2.45) is 11.3 Å². The highest BCUT2D eigenvalue weighted by Crippen LogP contribution is 2.57. The van der Waals surface area contributed by atoms with Gasteiger partial charge in [0.05, 0.1) is 10.8 Å². The van der Waals surface area contributed by atoms with Gasteiger partial charge in [-0.05, 0) is 51.9 Å². The number of H-pyrrole nitrogens is 1. The van der Waals surface area contributed by atoms with Crippen molar-refractivity contribution in [3.8, 4) is 22.5 Å². The summed E-state index contributed by atoms with van der Waals surface area (Å²) in [5, 5.41) is 13.7. The van der Waals surface area contributed by atoms with Gasteiger partial charge in [0.15, 0.2) is 11.6 Å². The summed E-state index contributed by atoms with van der Waals surface area (Å²) < 4.78 is 0. The van der Waals surface area contributed by atoms with Gasteiger partial charge in [0.1, 0.15) is 0 Å². The maximum atomic E-state index is 13.2. The van der Waals surface area contributed by atoms with Crippen molar-refractivity contribution in [2.75, 3.05) is 0 Å². The second-order valence-corrected chi connectivity index (χ2v) is 8.52. The van der Waals surface area contributed by atoms with Crippen molar-refractivity contribution in [1.82, 2.24) is 20.6 Å². The number of fused-ring (bicyclic) bond motifs is 1. The Balaban J connectivity index is 1.49. The number of nitrogens with one attached hydrogen (secondary N) is 1. The Morgan fingerprint density at radius 1 is 1.04 bits per heavy atom. The summed E-state index contributed by atoms with van der Waals surface area (Å²) in [6, 6.07) is 14.1. The molecule has 1 N–H and O–H groups in total. The molecule has 0 radical (unpaired) electrons. The molecule has 1 aromatic heterocycles. The minimum absolute atomic E-state index is 0.217. The molecule has 2 atom stereocenters. The van der Waals surface area contributed by atoms with Crippen molar-refractivity contribution in [3.05, 3.63) is 53.6 Å². The Morgan fingerprint density at radius 2 is 1.71 bits per heavy atom. The summed E-state index contributed by atoms with van der Waals surface area (Å²) in [6.45, 7) is 2.07. The molecule has 0 amide bonds. The maximum Gasteiger partial charge on any atom is 0.179 e. The van der Waals surface area contributed by atoms with Crippen LogP contribution < -0.4 is 0 Å². The third-order valence-corrected chi connectivity index (χ3v) is 7.31. The van der Waals surface area contributed by atoms with Crippen LogP contribution in [0, 0.1) is 11.3 Å². The summed E-state index contributed by atoms with van der Waals surface area (Å²) in [5.41, 5.74) is 4.35. The molecule has 2 aliphatic rings. The number of tetrazole rings is 1. The molecule has 3 aromatic rings. The molecule has 0 spiro atoms. The van der Waals surface area contributed by atoms with E-state index in [0.717, 1.165) is 40.7 Å². The zero-order valence-electron chi connectivity index (χ0n) is 15.7. The second kappa shape index (κ2) is 6.52. The number of benzene rings is 2. The van der Waals surface area contributed by atoms with Crippen LogP contribution in [0.15, 0.2) is 42.5 Å². The summed E-state index contributed by atoms with van der Waals surface area (Å²) >= 11 is 6.93.